The Balaban J connectivity index is 2.36. The van der Waals surface area contributed by atoms with Crippen molar-refractivity contribution in [3.63, 3.8) is 0 Å². The Morgan fingerprint density at radius 1 is 1.36 bits per heavy atom. The summed E-state index contributed by atoms with van der Waals surface area (Å²) in [5, 5.41) is 13.4. The maximum atomic E-state index is 12.7. The number of ether oxygens (including phenoxy) is 1. The molecule has 1 unspecified atom stereocenters. The topological polar surface area (TPSA) is 84.7 Å². The summed E-state index contributed by atoms with van der Waals surface area (Å²) in [4.78, 5) is 25.2. The molecule has 1 aromatic carbocycles. The Kier molecular flexibility index (Phi) is 5.80. The number of amides is 1. The number of para-hydroxylation sites is 2. The van der Waals surface area contributed by atoms with Crippen LogP contribution in [0.1, 0.15) is 29.9 Å². The summed E-state index contributed by atoms with van der Waals surface area (Å²) in [7, 11) is 3.18. The van der Waals surface area contributed by atoms with Crippen LogP contribution < -0.4 is 4.74 Å². The molecule has 0 aliphatic rings. The highest BCUT2D eigenvalue weighted by Gasteiger charge is 2.23. The molecular formula is C18H23N3O4. The number of carbonyl (C=O) groups is 2. The quantitative estimate of drug-likeness (QED) is 0.832. The molecule has 1 aromatic heterocycles. The van der Waals surface area contributed by atoms with Crippen molar-refractivity contribution in [1.29, 1.82) is 0 Å². The number of carbonyl (C=O) groups excluding carboxylic acids is 1. The van der Waals surface area contributed by atoms with Crippen LogP contribution in [0.3, 0.4) is 0 Å². The van der Waals surface area contributed by atoms with E-state index in [0.717, 1.165) is 11.4 Å². The largest absolute Gasteiger partial charge is 0.494 e. The Hall–Kier alpha value is -2.83. The number of rotatable bonds is 7. The van der Waals surface area contributed by atoms with Crippen LogP contribution in [0.15, 0.2) is 30.5 Å². The van der Waals surface area contributed by atoms with Crippen LogP contribution in [0.5, 0.6) is 5.75 Å². The number of nitrogens with zero attached hydrogens (tertiary/aromatic N) is 3. The van der Waals surface area contributed by atoms with Crippen LogP contribution >= 0.6 is 0 Å². The van der Waals surface area contributed by atoms with E-state index in [1.54, 1.807) is 25.8 Å². The minimum absolute atomic E-state index is 0.136. The third-order valence-electron chi connectivity index (χ3n) is 4.06. The van der Waals surface area contributed by atoms with Gasteiger partial charge < -0.3 is 14.7 Å². The first-order chi connectivity index (χ1) is 11.9. The third kappa shape index (κ3) is 3.81. The van der Waals surface area contributed by atoms with Gasteiger partial charge in [-0.2, -0.15) is 5.10 Å². The number of carboxylic acids is 1. The average molecular weight is 345 g/mol. The van der Waals surface area contributed by atoms with E-state index in [9.17, 15) is 9.59 Å². The molecule has 0 aliphatic carbocycles. The van der Waals surface area contributed by atoms with Crippen molar-refractivity contribution in [3.8, 4) is 11.4 Å². The highest BCUT2D eigenvalue weighted by molar-refractivity contribution is 5.95. The van der Waals surface area contributed by atoms with Crippen molar-refractivity contribution in [3.05, 3.63) is 41.7 Å². The van der Waals surface area contributed by atoms with Crippen LogP contribution in [0, 0.1) is 5.92 Å². The molecular weight excluding hydrogens is 322 g/mol. The maximum Gasteiger partial charge on any atom is 0.308 e. The van der Waals surface area contributed by atoms with Crippen molar-refractivity contribution in [2.45, 2.75) is 20.3 Å². The molecule has 134 valence electrons. The zero-order chi connectivity index (χ0) is 18.6. The summed E-state index contributed by atoms with van der Waals surface area (Å²) in [6, 6.07) is 7.44. The molecule has 0 bridgehead atoms. The highest BCUT2D eigenvalue weighted by Crippen LogP contribution is 2.25. The normalized spacial score (nSPS) is 11.8. The molecule has 2 rings (SSSR count). The Bertz CT molecular complexity index is 769. The summed E-state index contributed by atoms with van der Waals surface area (Å²) >= 11 is 0. The molecule has 0 saturated carbocycles. The molecule has 7 heteroatoms. The second kappa shape index (κ2) is 7.83. The smallest absolute Gasteiger partial charge is 0.308 e. The van der Waals surface area contributed by atoms with E-state index in [1.165, 1.54) is 11.1 Å². The molecule has 0 fully saturated rings. The van der Waals surface area contributed by atoms with Crippen molar-refractivity contribution in [2.24, 2.45) is 5.92 Å². The van der Waals surface area contributed by atoms with Crippen LogP contribution in [0.25, 0.3) is 5.69 Å². The first-order valence-electron chi connectivity index (χ1n) is 8.09. The molecule has 0 spiro atoms. The van der Waals surface area contributed by atoms with Crippen molar-refractivity contribution in [1.82, 2.24) is 14.7 Å². The van der Waals surface area contributed by atoms with E-state index in [4.69, 9.17) is 9.84 Å². The third-order valence-corrected chi connectivity index (χ3v) is 4.06. The van der Waals surface area contributed by atoms with Gasteiger partial charge in [-0.15, -0.1) is 0 Å². The summed E-state index contributed by atoms with van der Waals surface area (Å²) in [6.07, 6.45) is 2.12. The second-order valence-corrected chi connectivity index (χ2v) is 5.87. The minimum atomic E-state index is -0.930. The average Bonchev–Trinajstić information content (AvgIpc) is 3.04. The van der Waals surface area contributed by atoms with E-state index in [0.29, 0.717) is 17.7 Å². The fraction of sp³-hybridized carbons (Fsp3) is 0.389. The van der Waals surface area contributed by atoms with Gasteiger partial charge in [0.05, 0.1) is 30.5 Å². The zero-order valence-electron chi connectivity index (χ0n) is 14.9. The Morgan fingerprint density at radius 2 is 2.04 bits per heavy atom. The molecule has 25 heavy (non-hydrogen) atoms. The summed E-state index contributed by atoms with van der Waals surface area (Å²) in [5.41, 5.74) is 1.97. The van der Waals surface area contributed by atoms with Crippen molar-refractivity contribution >= 4 is 11.9 Å². The number of benzene rings is 1. The Morgan fingerprint density at radius 3 is 2.64 bits per heavy atom. The molecule has 1 atom stereocenters. The molecule has 0 saturated heterocycles. The second-order valence-electron chi connectivity index (χ2n) is 5.87. The van der Waals surface area contributed by atoms with E-state index >= 15 is 0 Å². The summed E-state index contributed by atoms with van der Waals surface area (Å²) in [5.74, 6) is -1.15. The van der Waals surface area contributed by atoms with E-state index in [-0.39, 0.29) is 12.5 Å². The number of methoxy groups -OCH3 is 1. The lowest BCUT2D eigenvalue weighted by atomic mass is 10.1. The van der Waals surface area contributed by atoms with Gasteiger partial charge in [-0.3, -0.25) is 9.59 Å². The molecule has 1 N–H and O–H groups in total. The molecule has 1 heterocycles. The first-order valence-corrected chi connectivity index (χ1v) is 8.09. The number of aromatic nitrogens is 2. The molecule has 1 amide bonds. The fourth-order valence-corrected chi connectivity index (χ4v) is 2.68. The van der Waals surface area contributed by atoms with Gasteiger partial charge in [0, 0.05) is 13.6 Å². The van der Waals surface area contributed by atoms with E-state index < -0.39 is 11.9 Å². The SMILES string of the molecule is CCc1c(C(=O)N(C)CC(C)C(=O)O)cnn1-c1ccccc1OC. The van der Waals surface area contributed by atoms with Gasteiger partial charge in [-0.05, 0) is 18.6 Å². The predicted molar refractivity (Wildman–Crippen MR) is 93.3 cm³/mol. The molecule has 7 nitrogen and oxygen atoms in total. The number of aliphatic carboxylic acids is 1. The zero-order valence-corrected chi connectivity index (χ0v) is 14.9. The molecule has 0 aliphatic heterocycles. The van der Waals surface area contributed by atoms with E-state index in [1.807, 2.05) is 31.2 Å². The van der Waals surface area contributed by atoms with Crippen molar-refractivity contribution in [2.75, 3.05) is 20.7 Å². The van der Waals surface area contributed by atoms with Gasteiger partial charge in [0.15, 0.2) is 0 Å². The van der Waals surface area contributed by atoms with Gasteiger partial charge in [0.1, 0.15) is 11.4 Å². The van der Waals surface area contributed by atoms with Crippen LogP contribution in [-0.2, 0) is 11.2 Å². The fourth-order valence-electron chi connectivity index (χ4n) is 2.68. The molecule has 0 radical (unpaired) electrons. The standard InChI is InChI=1S/C18H23N3O4/c1-5-14-13(17(22)20(3)11-12(2)18(23)24)10-19-21(14)15-8-6-7-9-16(15)25-4/h6-10,12H,5,11H2,1-4H3,(H,23,24). The van der Waals surface area contributed by atoms with Crippen molar-refractivity contribution < 1.29 is 19.4 Å². The lowest BCUT2D eigenvalue weighted by Gasteiger charge is -2.19. The first kappa shape index (κ1) is 18.5. The van der Waals surface area contributed by atoms with Crippen LogP contribution in [-0.4, -0.2) is 52.4 Å². The van der Waals surface area contributed by atoms with Gasteiger partial charge in [-0.25, -0.2) is 4.68 Å². The van der Waals surface area contributed by atoms with E-state index in [2.05, 4.69) is 5.10 Å². The molecule has 2 aromatic rings. The van der Waals surface area contributed by atoms with Gasteiger partial charge in [-0.1, -0.05) is 26.0 Å². The van der Waals surface area contributed by atoms with Crippen LogP contribution in [0.2, 0.25) is 0 Å². The minimum Gasteiger partial charge on any atom is -0.494 e. The summed E-state index contributed by atoms with van der Waals surface area (Å²) < 4.78 is 7.07. The van der Waals surface area contributed by atoms with Gasteiger partial charge >= 0.3 is 5.97 Å². The van der Waals surface area contributed by atoms with Crippen LogP contribution in [0.4, 0.5) is 0 Å². The monoisotopic (exact) mass is 345 g/mol. The van der Waals surface area contributed by atoms with Gasteiger partial charge in [0.25, 0.3) is 5.91 Å². The Labute approximate surface area is 146 Å². The van der Waals surface area contributed by atoms with Gasteiger partial charge in [0.2, 0.25) is 0 Å². The summed E-state index contributed by atoms with van der Waals surface area (Å²) in [6.45, 7) is 3.65. The lowest BCUT2D eigenvalue weighted by molar-refractivity contribution is -0.141. The number of hydrogen-bond acceptors (Lipinski definition) is 4. The maximum absolute atomic E-state index is 12.7. The number of hydrogen-bond donors (Lipinski definition) is 1. The lowest BCUT2D eigenvalue weighted by Crippen LogP contribution is -2.34. The highest BCUT2D eigenvalue weighted by atomic mass is 16.5. The predicted octanol–water partition coefficient (Wildman–Crippen LogP) is 2.24. The number of carboxylic acid groups (broad SMARTS) is 1.